The molecule has 1 heterocycles. The first-order valence-corrected chi connectivity index (χ1v) is 7.40. The van der Waals surface area contributed by atoms with Crippen molar-refractivity contribution >= 4 is 12.0 Å². The number of ether oxygens (including phenoxy) is 1. The summed E-state index contributed by atoms with van der Waals surface area (Å²) in [4.78, 5) is 26.1. The first-order chi connectivity index (χ1) is 11.1. The highest BCUT2D eigenvalue weighted by Gasteiger charge is 2.07. The molecule has 0 amide bonds. The SMILES string of the molecule is CCOc1ccccc1/C=N/N(CC)c1cc(=O)n(C)c(=O)[nH]1. The highest BCUT2D eigenvalue weighted by atomic mass is 16.5. The number of nitrogens with zero attached hydrogens (tertiary/aromatic N) is 3. The maximum Gasteiger partial charge on any atom is 0.329 e. The summed E-state index contributed by atoms with van der Waals surface area (Å²) in [5.41, 5.74) is -0.0398. The zero-order valence-electron chi connectivity index (χ0n) is 13.4. The van der Waals surface area contributed by atoms with Gasteiger partial charge in [0, 0.05) is 25.2 Å². The average Bonchev–Trinajstić information content (AvgIpc) is 2.54. The van der Waals surface area contributed by atoms with Crippen LogP contribution in [0.15, 0.2) is 45.0 Å². The number of aromatic amines is 1. The molecule has 7 nitrogen and oxygen atoms in total. The van der Waals surface area contributed by atoms with Gasteiger partial charge in [-0.25, -0.2) is 9.80 Å². The highest BCUT2D eigenvalue weighted by Crippen LogP contribution is 2.16. The molecule has 23 heavy (non-hydrogen) atoms. The van der Waals surface area contributed by atoms with E-state index in [1.54, 1.807) is 11.2 Å². The standard InChI is InChI=1S/C16H20N4O3/c1-4-20(14-10-15(21)19(3)16(22)18-14)17-11-12-8-6-7-9-13(12)23-5-2/h6-11H,4-5H2,1-3H3,(H,18,22)/b17-11+. The number of anilines is 1. The molecular weight excluding hydrogens is 296 g/mol. The van der Waals surface area contributed by atoms with E-state index in [9.17, 15) is 9.59 Å². The lowest BCUT2D eigenvalue weighted by Gasteiger charge is -2.16. The molecule has 0 aliphatic carbocycles. The number of nitrogens with one attached hydrogen (secondary N) is 1. The molecule has 0 saturated carbocycles. The van der Waals surface area contributed by atoms with Gasteiger partial charge in [-0.05, 0) is 26.0 Å². The number of para-hydroxylation sites is 1. The van der Waals surface area contributed by atoms with Crippen LogP contribution in [0.3, 0.4) is 0 Å². The first kappa shape index (κ1) is 16.5. The van der Waals surface area contributed by atoms with Crippen molar-refractivity contribution in [2.24, 2.45) is 12.1 Å². The molecule has 1 aromatic heterocycles. The minimum atomic E-state index is -0.476. The van der Waals surface area contributed by atoms with Gasteiger partial charge in [-0.1, -0.05) is 12.1 Å². The Labute approximate surface area is 133 Å². The summed E-state index contributed by atoms with van der Waals surface area (Å²) in [5.74, 6) is 1.08. The third-order valence-electron chi connectivity index (χ3n) is 3.26. The summed E-state index contributed by atoms with van der Waals surface area (Å²) in [7, 11) is 1.42. The largest absolute Gasteiger partial charge is 0.493 e. The van der Waals surface area contributed by atoms with E-state index in [-0.39, 0.29) is 5.56 Å². The summed E-state index contributed by atoms with van der Waals surface area (Å²) in [6, 6.07) is 8.87. The topological polar surface area (TPSA) is 79.7 Å². The van der Waals surface area contributed by atoms with Crippen molar-refractivity contribution in [2.75, 3.05) is 18.2 Å². The first-order valence-electron chi connectivity index (χ1n) is 7.40. The van der Waals surface area contributed by atoms with Crippen LogP contribution in [0.25, 0.3) is 0 Å². The Bertz CT molecular complexity index is 776. The van der Waals surface area contributed by atoms with E-state index in [1.807, 2.05) is 38.1 Å². The van der Waals surface area contributed by atoms with Crippen LogP contribution in [0.4, 0.5) is 5.82 Å². The molecule has 0 bridgehead atoms. The molecule has 0 radical (unpaired) electrons. The quantitative estimate of drug-likeness (QED) is 0.644. The number of hydrogen-bond acceptors (Lipinski definition) is 5. The summed E-state index contributed by atoms with van der Waals surface area (Å²) in [6.45, 7) is 4.85. The Morgan fingerprint density at radius 3 is 2.70 bits per heavy atom. The van der Waals surface area contributed by atoms with Gasteiger partial charge in [0.15, 0.2) is 0 Å². The van der Waals surface area contributed by atoms with Gasteiger partial charge in [0.25, 0.3) is 5.56 Å². The highest BCUT2D eigenvalue weighted by molar-refractivity contribution is 5.84. The third kappa shape index (κ3) is 3.88. The monoisotopic (exact) mass is 316 g/mol. The molecular formula is C16H20N4O3. The molecule has 0 fully saturated rings. The second-order valence-corrected chi connectivity index (χ2v) is 4.79. The second-order valence-electron chi connectivity index (χ2n) is 4.79. The zero-order valence-corrected chi connectivity index (χ0v) is 13.4. The van der Waals surface area contributed by atoms with Crippen molar-refractivity contribution in [2.45, 2.75) is 13.8 Å². The van der Waals surface area contributed by atoms with E-state index >= 15 is 0 Å². The van der Waals surface area contributed by atoms with E-state index in [2.05, 4.69) is 10.1 Å². The Morgan fingerprint density at radius 1 is 1.30 bits per heavy atom. The summed E-state index contributed by atoms with van der Waals surface area (Å²) in [5, 5.41) is 5.89. The van der Waals surface area contributed by atoms with E-state index in [0.717, 1.165) is 15.9 Å². The van der Waals surface area contributed by atoms with Gasteiger partial charge in [-0.3, -0.25) is 14.3 Å². The van der Waals surface area contributed by atoms with E-state index in [1.165, 1.54) is 13.1 Å². The van der Waals surface area contributed by atoms with Crippen LogP contribution in [-0.2, 0) is 7.05 Å². The minimum absolute atomic E-state index is 0.353. The number of hydrazone groups is 1. The zero-order chi connectivity index (χ0) is 16.8. The Morgan fingerprint density at radius 2 is 2.04 bits per heavy atom. The maximum absolute atomic E-state index is 11.7. The van der Waals surface area contributed by atoms with Gasteiger partial charge in [-0.15, -0.1) is 0 Å². The molecule has 0 aliphatic heterocycles. The fourth-order valence-corrected chi connectivity index (χ4v) is 2.00. The van der Waals surface area contributed by atoms with Crippen LogP contribution in [0.1, 0.15) is 19.4 Å². The van der Waals surface area contributed by atoms with Crippen LogP contribution in [0, 0.1) is 0 Å². The molecule has 2 rings (SSSR count). The van der Waals surface area contributed by atoms with Gasteiger partial charge in [-0.2, -0.15) is 5.10 Å². The molecule has 122 valence electrons. The minimum Gasteiger partial charge on any atom is -0.493 e. The number of aromatic nitrogens is 2. The van der Waals surface area contributed by atoms with Crippen molar-refractivity contribution in [3.05, 3.63) is 56.7 Å². The Balaban J connectivity index is 2.33. The summed E-state index contributed by atoms with van der Waals surface area (Å²) >= 11 is 0. The fraction of sp³-hybridized carbons (Fsp3) is 0.312. The average molecular weight is 316 g/mol. The van der Waals surface area contributed by atoms with Crippen LogP contribution in [0.2, 0.25) is 0 Å². The van der Waals surface area contributed by atoms with Crippen LogP contribution in [0.5, 0.6) is 5.75 Å². The van der Waals surface area contributed by atoms with Crippen molar-refractivity contribution in [3.63, 3.8) is 0 Å². The molecule has 1 N–H and O–H groups in total. The lowest BCUT2D eigenvalue weighted by molar-refractivity contribution is 0.340. The van der Waals surface area contributed by atoms with Crippen LogP contribution < -0.4 is 21.0 Å². The fourth-order valence-electron chi connectivity index (χ4n) is 2.00. The normalized spacial score (nSPS) is 10.9. The predicted molar refractivity (Wildman–Crippen MR) is 90.5 cm³/mol. The Hall–Kier alpha value is -2.83. The van der Waals surface area contributed by atoms with Crippen molar-refractivity contribution < 1.29 is 4.74 Å². The van der Waals surface area contributed by atoms with E-state index < -0.39 is 5.69 Å². The molecule has 0 spiro atoms. The predicted octanol–water partition coefficient (Wildman–Crippen LogP) is 1.33. The lowest BCUT2D eigenvalue weighted by atomic mass is 10.2. The van der Waals surface area contributed by atoms with Crippen molar-refractivity contribution in [1.29, 1.82) is 0 Å². The lowest BCUT2D eigenvalue weighted by Crippen LogP contribution is -2.34. The van der Waals surface area contributed by atoms with Crippen LogP contribution >= 0.6 is 0 Å². The van der Waals surface area contributed by atoms with Crippen molar-refractivity contribution in [1.82, 2.24) is 9.55 Å². The molecule has 1 aromatic carbocycles. The maximum atomic E-state index is 11.7. The molecule has 0 atom stereocenters. The van der Waals surface area contributed by atoms with Crippen molar-refractivity contribution in [3.8, 4) is 5.75 Å². The molecule has 0 unspecified atom stereocenters. The van der Waals surface area contributed by atoms with Gasteiger partial charge in [0.2, 0.25) is 0 Å². The smallest absolute Gasteiger partial charge is 0.329 e. The number of H-pyrrole nitrogens is 1. The van der Waals surface area contributed by atoms with E-state index in [0.29, 0.717) is 19.0 Å². The third-order valence-corrected chi connectivity index (χ3v) is 3.26. The molecule has 2 aromatic rings. The Kier molecular flexibility index (Phi) is 5.35. The van der Waals surface area contributed by atoms with E-state index in [4.69, 9.17) is 4.74 Å². The summed E-state index contributed by atoms with van der Waals surface area (Å²) in [6.07, 6.45) is 1.64. The van der Waals surface area contributed by atoms with Gasteiger partial charge < -0.3 is 4.74 Å². The number of rotatable bonds is 6. The molecule has 7 heteroatoms. The van der Waals surface area contributed by atoms with Crippen LogP contribution in [-0.4, -0.2) is 28.9 Å². The number of benzene rings is 1. The van der Waals surface area contributed by atoms with Gasteiger partial charge >= 0.3 is 5.69 Å². The molecule has 0 saturated heterocycles. The van der Waals surface area contributed by atoms with Gasteiger partial charge in [0.05, 0.1) is 12.8 Å². The molecule has 0 aliphatic rings. The number of hydrogen-bond donors (Lipinski definition) is 1. The summed E-state index contributed by atoms with van der Waals surface area (Å²) < 4.78 is 6.55. The second kappa shape index (κ2) is 7.44. The van der Waals surface area contributed by atoms with Gasteiger partial charge in [0.1, 0.15) is 11.6 Å².